The molecule has 6 nitrogen and oxygen atoms in total. The summed E-state index contributed by atoms with van der Waals surface area (Å²) < 4.78 is 7.22. The molecule has 138 valence electrons. The number of aromatic nitrogens is 2. The fraction of sp³-hybridized carbons (Fsp3) is 0.684. The molecular weight excluding hydrogens is 316 g/mol. The number of aryl methyl sites for hydroxylation is 2. The summed E-state index contributed by atoms with van der Waals surface area (Å²) in [6.07, 6.45) is 7.89. The fourth-order valence-corrected chi connectivity index (χ4v) is 3.64. The van der Waals surface area contributed by atoms with Crippen molar-refractivity contribution in [1.82, 2.24) is 14.7 Å². The van der Waals surface area contributed by atoms with Gasteiger partial charge in [-0.05, 0) is 38.2 Å². The van der Waals surface area contributed by atoms with Crippen LogP contribution in [0.4, 0.5) is 0 Å². The second kappa shape index (κ2) is 8.63. The van der Waals surface area contributed by atoms with Gasteiger partial charge in [0, 0.05) is 19.3 Å². The summed E-state index contributed by atoms with van der Waals surface area (Å²) in [5.41, 5.74) is 1.59. The Bertz CT molecular complexity index is 585. The van der Waals surface area contributed by atoms with Crippen LogP contribution in [0.5, 0.6) is 0 Å². The molecule has 1 atom stereocenters. The lowest BCUT2D eigenvalue weighted by atomic mass is 9.94. The normalized spacial score (nSPS) is 21.4. The van der Waals surface area contributed by atoms with Gasteiger partial charge in [-0.3, -0.25) is 9.48 Å². The van der Waals surface area contributed by atoms with Gasteiger partial charge in [0.05, 0.1) is 26.3 Å². The van der Waals surface area contributed by atoms with E-state index in [1.807, 2.05) is 24.9 Å². The van der Waals surface area contributed by atoms with Crippen LogP contribution in [0.3, 0.4) is 0 Å². The molecule has 1 aromatic heterocycles. The quantitative estimate of drug-likeness (QED) is 0.760. The summed E-state index contributed by atoms with van der Waals surface area (Å²) >= 11 is 0. The largest absolute Gasteiger partial charge is 0.370 e. The maximum Gasteiger partial charge on any atom is 0.274 e. The van der Waals surface area contributed by atoms with Crippen LogP contribution in [0.15, 0.2) is 18.2 Å². The molecule has 1 aromatic rings. The number of rotatable bonds is 6. The highest BCUT2D eigenvalue weighted by Crippen LogP contribution is 2.20. The van der Waals surface area contributed by atoms with Gasteiger partial charge in [-0.25, -0.2) is 0 Å². The first kappa shape index (κ1) is 18.1. The topological polar surface area (TPSA) is 51.8 Å². The van der Waals surface area contributed by atoms with Crippen molar-refractivity contribution < 1.29 is 14.4 Å². The second-order valence-electron chi connectivity index (χ2n) is 7.31. The van der Waals surface area contributed by atoms with Crippen molar-refractivity contribution in [2.75, 3.05) is 45.9 Å². The summed E-state index contributed by atoms with van der Waals surface area (Å²) in [4.78, 5) is 16.6. The highest BCUT2D eigenvalue weighted by Gasteiger charge is 2.24. The van der Waals surface area contributed by atoms with Crippen molar-refractivity contribution in [1.29, 1.82) is 0 Å². The number of amides is 1. The van der Waals surface area contributed by atoms with E-state index in [1.165, 1.54) is 11.3 Å². The summed E-state index contributed by atoms with van der Waals surface area (Å²) in [6, 6.07) is 1.90. The Kier molecular flexibility index (Phi) is 6.26. The molecule has 2 aliphatic rings. The predicted molar refractivity (Wildman–Crippen MR) is 96.7 cm³/mol. The first-order valence-corrected chi connectivity index (χ1v) is 9.49. The van der Waals surface area contributed by atoms with Gasteiger partial charge >= 0.3 is 0 Å². The van der Waals surface area contributed by atoms with Crippen molar-refractivity contribution in [3.05, 3.63) is 29.6 Å². The zero-order chi connectivity index (χ0) is 17.6. The Hall–Kier alpha value is -1.66. The van der Waals surface area contributed by atoms with Crippen LogP contribution < -0.4 is 4.90 Å². The van der Waals surface area contributed by atoms with Gasteiger partial charge in [0.2, 0.25) is 0 Å². The third kappa shape index (κ3) is 4.92. The highest BCUT2D eigenvalue weighted by molar-refractivity contribution is 5.92. The molecule has 1 N–H and O–H groups in total. The Labute approximate surface area is 150 Å². The minimum Gasteiger partial charge on any atom is -0.370 e. The predicted octanol–water partition coefficient (Wildman–Crippen LogP) is 0.442. The number of hydrogen-bond donors (Lipinski definition) is 1. The second-order valence-corrected chi connectivity index (χ2v) is 7.31. The fourth-order valence-electron chi connectivity index (χ4n) is 3.64. The van der Waals surface area contributed by atoms with Crippen LogP contribution >= 0.6 is 0 Å². The first-order chi connectivity index (χ1) is 12.1. The van der Waals surface area contributed by atoms with Crippen LogP contribution in [0, 0.1) is 12.8 Å². The van der Waals surface area contributed by atoms with Crippen LogP contribution in [-0.4, -0.2) is 66.5 Å². The lowest BCUT2D eigenvalue weighted by Crippen LogP contribution is -3.14. The number of nitrogens with zero attached hydrogens (tertiary/aromatic N) is 3. The average molecular weight is 347 g/mol. The molecule has 1 aliphatic carbocycles. The smallest absolute Gasteiger partial charge is 0.274 e. The summed E-state index contributed by atoms with van der Waals surface area (Å²) in [5.74, 6) is 0.643. The molecule has 25 heavy (non-hydrogen) atoms. The third-order valence-corrected chi connectivity index (χ3v) is 5.41. The number of allylic oxidation sites excluding steroid dienone is 2. The van der Waals surface area contributed by atoms with Crippen molar-refractivity contribution in [2.24, 2.45) is 13.0 Å². The standard InChI is InChI=1S/C19H30N4O2/c1-16-14-18(20-21(16)2)19(24)23(15-17-6-4-3-5-7-17)9-8-22-10-12-25-13-11-22/h3-4,14,17H,5-13,15H2,1-2H3/p+1/t17-/m1/s1. The minimum absolute atomic E-state index is 0.0749. The van der Waals surface area contributed by atoms with E-state index in [9.17, 15) is 4.79 Å². The molecular formula is C19H31N4O2+. The van der Waals surface area contributed by atoms with Gasteiger partial charge in [-0.15, -0.1) is 0 Å². The van der Waals surface area contributed by atoms with Gasteiger partial charge in [0.15, 0.2) is 5.69 Å². The van der Waals surface area contributed by atoms with Crippen LogP contribution in [0.1, 0.15) is 35.4 Å². The zero-order valence-electron chi connectivity index (χ0n) is 15.5. The van der Waals surface area contributed by atoms with E-state index >= 15 is 0 Å². The van der Waals surface area contributed by atoms with Gasteiger partial charge in [-0.2, -0.15) is 5.10 Å². The average Bonchev–Trinajstić information content (AvgIpc) is 2.98. The number of ether oxygens (including phenoxy) is 1. The molecule has 1 saturated heterocycles. The van der Waals surface area contributed by atoms with Crippen LogP contribution in [0.2, 0.25) is 0 Å². The lowest BCUT2D eigenvalue weighted by Gasteiger charge is -2.30. The molecule has 0 radical (unpaired) electrons. The molecule has 1 fully saturated rings. The Morgan fingerprint density at radius 2 is 2.20 bits per heavy atom. The molecule has 0 bridgehead atoms. The maximum absolute atomic E-state index is 13.1. The maximum atomic E-state index is 13.1. The van der Waals surface area contributed by atoms with E-state index in [4.69, 9.17) is 4.74 Å². The van der Waals surface area contributed by atoms with Crippen LogP contribution in [-0.2, 0) is 11.8 Å². The molecule has 3 rings (SSSR count). The van der Waals surface area contributed by atoms with Crippen molar-refractivity contribution in [3.63, 3.8) is 0 Å². The number of carbonyl (C=O) groups excluding carboxylic acids is 1. The third-order valence-electron chi connectivity index (χ3n) is 5.41. The van der Waals surface area contributed by atoms with Crippen molar-refractivity contribution in [3.8, 4) is 0 Å². The summed E-state index contributed by atoms with van der Waals surface area (Å²) in [7, 11) is 1.89. The summed E-state index contributed by atoms with van der Waals surface area (Å²) in [6.45, 7) is 8.34. The number of quaternary nitrogens is 1. The SMILES string of the molecule is Cc1cc(C(=O)N(CC[NH+]2CCOCC2)C[C@@H]2CC=CCC2)nn1C. The van der Waals surface area contributed by atoms with Gasteiger partial charge in [0.25, 0.3) is 5.91 Å². The molecule has 1 aliphatic heterocycles. The monoisotopic (exact) mass is 347 g/mol. The minimum atomic E-state index is 0.0749. The lowest BCUT2D eigenvalue weighted by molar-refractivity contribution is -0.907. The van der Waals surface area contributed by atoms with E-state index in [1.54, 1.807) is 4.68 Å². The number of hydrogen-bond acceptors (Lipinski definition) is 3. The van der Waals surface area contributed by atoms with E-state index in [0.29, 0.717) is 11.6 Å². The Morgan fingerprint density at radius 3 is 2.84 bits per heavy atom. The van der Waals surface area contributed by atoms with Crippen LogP contribution in [0.25, 0.3) is 0 Å². The van der Waals surface area contributed by atoms with Gasteiger partial charge < -0.3 is 14.5 Å². The van der Waals surface area contributed by atoms with Gasteiger partial charge in [-0.1, -0.05) is 12.2 Å². The highest BCUT2D eigenvalue weighted by atomic mass is 16.5. The Balaban J connectivity index is 1.65. The van der Waals surface area contributed by atoms with Gasteiger partial charge in [0.1, 0.15) is 13.1 Å². The zero-order valence-corrected chi connectivity index (χ0v) is 15.5. The number of morpholine rings is 1. The molecule has 0 aromatic carbocycles. The molecule has 0 saturated carbocycles. The molecule has 1 amide bonds. The number of nitrogens with one attached hydrogen (secondary N) is 1. The molecule has 0 unspecified atom stereocenters. The van der Waals surface area contributed by atoms with Crippen molar-refractivity contribution >= 4 is 5.91 Å². The van der Waals surface area contributed by atoms with E-state index in [-0.39, 0.29) is 5.91 Å². The molecule has 2 heterocycles. The molecule has 6 heteroatoms. The number of carbonyl (C=O) groups is 1. The molecule has 0 spiro atoms. The van der Waals surface area contributed by atoms with E-state index in [0.717, 1.165) is 64.5 Å². The summed E-state index contributed by atoms with van der Waals surface area (Å²) in [5, 5.41) is 4.40. The van der Waals surface area contributed by atoms with E-state index in [2.05, 4.69) is 17.3 Å². The van der Waals surface area contributed by atoms with E-state index < -0.39 is 0 Å². The van der Waals surface area contributed by atoms with Crippen molar-refractivity contribution in [2.45, 2.75) is 26.2 Å². The Morgan fingerprint density at radius 1 is 1.40 bits per heavy atom. The first-order valence-electron chi connectivity index (χ1n) is 9.49.